The molecule has 1 amide bonds. The van der Waals surface area contributed by atoms with E-state index in [-0.39, 0.29) is 29.7 Å². The lowest BCUT2D eigenvalue weighted by Crippen LogP contribution is -2.28. The van der Waals surface area contributed by atoms with Gasteiger partial charge in [-0.1, -0.05) is 12.1 Å². The fourth-order valence-corrected chi connectivity index (χ4v) is 4.28. The molecule has 35 heavy (non-hydrogen) atoms. The van der Waals surface area contributed by atoms with Gasteiger partial charge in [-0.15, -0.1) is 5.10 Å². The van der Waals surface area contributed by atoms with Crippen molar-refractivity contribution >= 4 is 35.1 Å². The predicted octanol–water partition coefficient (Wildman–Crippen LogP) is 4.52. The summed E-state index contributed by atoms with van der Waals surface area (Å²) < 4.78 is 21.2. The van der Waals surface area contributed by atoms with E-state index in [0.29, 0.717) is 27.1 Å². The number of carbonyl (C=O) groups is 1. The van der Waals surface area contributed by atoms with E-state index in [4.69, 9.17) is 18.6 Å². The normalized spacial score (nSPS) is 16.0. The quantitative estimate of drug-likeness (QED) is 0.279. The number of furan rings is 1. The molecule has 0 bridgehead atoms. The Balaban J connectivity index is 1.67. The summed E-state index contributed by atoms with van der Waals surface area (Å²) in [5.74, 6) is 1.35. The van der Waals surface area contributed by atoms with Crippen LogP contribution in [0.5, 0.6) is 23.0 Å². The van der Waals surface area contributed by atoms with Crippen molar-refractivity contribution in [1.82, 2.24) is 4.90 Å². The van der Waals surface area contributed by atoms with Gasteiger partial charge < -0.3 is 23.7 Å². The fraction of sp³-hybridized carbons (Fsp3) is 0.160. The van der Waals surface area contributed by atoms with E-state index in [1.807, 2.05) is 24.3 Å². The standard InChI is InChI=1S/C25H23N3O6S/c1-31-19-9-5-4-7-17(19)14-26-27-25-28(15-18-8-6-10-34-18)24(30)22(35-25)13-16-11-20(32-2)23(29)21(12-16)33-3/h4-14,29H,15H2,1-3H3/b22-13-,26-14-,27-25+. The molecule has 9 nitrogen and oxygen atoms in total. The maximum absolute atomic E-state index is 13.3. The number of ether oxygens (including phenoxy) is 3. The van der Waals surface area contributed by atoms with E-state index >= 15 is 0 Å². The molecule has 1 N–H and O–H groups in total. The molecule has 2 aromatic carbocycles. The van der Waals surface area contributed by atoms with E-state index in [2.05, 4.69) is 10.2 Å². The van der Waals surface area contributed by atoms with Crippen LogP contribution in [0.25, 0.3) is 6.08 Å². The summed E-state index contributed by atoms with van der Waals surface area (Å²) in [4.78, 5) is 15.2. The third-order valence-corrected chi connectivity index (χ3v) is 6.06. The first-order chi connectivity index (χ1) is 17.0. The van der Waals surface area contributed by atoms with Crippen molar-refractivity contribution in [2.24, 2.45) is 10.2 Å². The van der Waals surface area contributed by atoms with Crippen molar-refractivity contribution < 1.29 is 28.5 Å². The average molecular weight is 494 g/mol. The third-order valence-electron chi connectivity index (χ3n) is 5.06. The van der Waals surface area contributed by atoms with Crippen molar-refractivity contribution in [2.75, 3.05) is 21.3 Å². The van der Waals surface area contributed by atoms with Gasteiger partial charge >= 0.3 is 0 Å². The summed E-state index contributed by atoms with van der Waals surface area (Å²) in [7, 11) is 4.46. The van der Waals surface area contributed by atoms with Gasteiger partial charge in [-0.2, -0.15) is 5.10 Å². The summed E-state index contributed by atoms with van der Waals surface area (Å²) in [6.07, 6.45) is 4.80. The highest BCUT2D eigenvalue weighted by molar-refractivity contribution is 8.18. The second-order valence-corrected chi connectivity index (χ2v) is 8.23. The number of amides is 1. The molecule has 4 rings (SSSR count). The minimum Gasteiger partial charge on any atom is -0.502 e. The first-order valence-corrected chi connectivity index (χ1v) is 11.3. The molecule has 0 radical (unpaired) electrons. The van der Waals surface area contributed by atoms with Crippen LogP contribution in [0.4, 0.5) is 0 Å². The second kappa shape index (κ2) is 10.8. The van der Waals surface area contributed by atoms with Crippen LogP contribution < -0.4 is 14.2 Å². The molecular weight excluding hydrogens is 470 g/mol. The highest BCUT2D eigenvalue weighted by Crippen LogP contribution is 2.39. The van der Waals surface area contributed by atoms with E-state index in [0.717, 1.165) is 5.56 Å². The number of hydrogen-bond acceptors (Lipinski definition) is 9. The van der Waals surface area contributed by atoms with Gasteiger partial charge in [0, 0.05) is 5.56 Å². The SMILES string of the molecule is COc1ccccc1/C=N\N=C1\S/C(=C\c2cc(OC)c(O)c(OC)c2)C(=O)N1Cc1ccco1. The number of phenols is 1. The van der Waals surface area contributed by atoms with Gasteiger partial charge in [-0.25, -0.2) is 0 Å². The van der Waals surface area contributed by atoms with Gasteiger partial charge in [0.2, 0.25) is 5.75 Å². The molecule has 0 atom stereocenters. The second-order valence-electron chi connectivity index (χ2n) is 7.22. The number of amidine groups is 1. The van der Waals surface area contributed by atoms with Crippen molar-refractivity contribution in [3.05, 3.63) is 76.6 Å². The Morgan fingerprint density at radius 1 is 1.03 bits per heavy atom. The first-order valence-electron chi connectivity index (χ1n) is 10.5. The number of rotatable bonds is 8. The smallest absolute Gasteiger partial charge is 0.267 e. The zero-order valence-corrected chi connectivity index (χ0v) is 20.1. The van der Waals surface area contributed by atoms with Crippen LogP contribution >= 0.6 is 11.8 Å². The highest BCUT2D eigenvalue weighted by atomic mass is 32.2. The molecule has 0 saturated carbocycles. The summed E-state index contributed by atoms with van der Waals surface area (Å²) >= 11 is 1.18. The van der Waals surface area contributed by atoms with E-state index < -0.39 is 0 Å². The van der Waals surface area contributed by atoms with Crippen LogP contribution in [-0.2, 0) is 11.3 Å². The number of phenolic OH excluding ortho intramolecular Hbond substituents is 1. The van der Waals surface area contributed by atoms with E-state index in [9.17, 15) is 9.90 Å². The molecule has 0 aliphatic carbocycles. The number of methoxy groups -OCH3 is 3. The summed E-state index contributed by atoms with van der Waals surface area (Å²) in [6, 6.07) is 14.2. The highest BCUT2D eigenvalue weighted by Gasteiger charge is 2.34. The van der Waals surface area contributed by atoms with Crippen molar-refractivity contribution in [2.45, 2.75) is 6.54 Å². The Labute approximate surface area is 206 Å². The lowest BCUT2D eigenvalue weighted by Gasteiger charge is -2.12. The van der Waals surface area contributed by atoms with Gasteiger partial charge in [0.05, 0.1) is 45.3 Å². The minimum absolute atomic E-state index is 0.116. The van der Waals surface area contributed by atoms with Crippen LogP contribution in [0.1, 0.15) is 16.9 Å². The van der Waals surface area contributed by atoms with Crippen LogP contribution in [-0.4, -0.2) is 48.6 Å². The molecule has 0 spiro atoms. The molecular formula is C25H23N3O6S. The molecule has 10 heteroatoms. The molecule has 1 aliphatic rings. The molecule has 1 saturated heterocycles. The summed E-state index contributed by atoms with van der Waals surface area (Å²) in [5.41, 5.74) is 1.37. The molecule has 0 unspecified atom stereocenters. The lowest BCUT2D eigenvalue weighted by molar-refractivity contribution is -0.122. The Bertz CT molecular complexity index is 1280. The van der Waals surface area contributed by atoms with E-state index in [1.165, 1.54) is 30.9 Å². The number of benzene rings is 2. The number of nitrogens with zero attached hydrogens (tertiary/aromatic N) is 3. The van der Waals surface area contributed by atoms with Crippen molar-refractivity contribution in [3.8, 4) is 23.0 Å². The van der Waals surface area contributed by atoms with Crippen LogP contribution in [0, 0.1) is 0 Å². The molecule has 1 aliphatic heterocycles. The maximum Gasteiger partial charge on any atom is 0.267 e. The Morgan fingerprint density at radius 2 is 1.74 bits per heavy atom. The minimum atomic E-state index is -0.261. The van der Waals surface area contributed by atoms with Gasteiger partial charge in [-0.3, -0.25) is 9.69 Å². The first kappa shape index (κ1) is 24.0. The number of para-hydroxylation sites is 1. The zero-order chi connectivity index (χ0) is 24.8. The summed E-state index contributed by atoms with van der Waals surface area (Å²) in [5, 5.41) is 19.1. The summed E-state index contributed by atoms with van der Waals surface area (Å²) in [6.45, 7) is 0.196. The lowest BCUT2D eigenvalue weighted by atomic mass is 10.1. The molecule has 3 aromatic rings. The molecule has 180 valence electrons. The molecule has 1 aromatic heterocycles. The van der Waals surface area contributed by atoms with Crippen LogP contribution in [0.15, 0.2) is 74.3 Å². The van der Waals surface area contributed by atoms with Crippen LogP contribution in [0.3, 0.4) is 0 Å². The third kappa shape index (κ3) is 5.33. The topological polar surface area (TPSA) is 106 Å². The number of thioether (sulfide) groups is 1. The number of aromatic hydroxyl groups is 1. The Morgan fingerprint density at radius 3 is 2.40 bits per heavy atom. The molecule has 1 fully saturated rings. The van der Waals surface area contributed by atoms with Gasteiger partial charge in [0.1, 0.15) is 11.5 Å². The maximum atomic E-state index is 13.3. The van der Waals surface area contributed by atoms with Gasteiger partial charge in [0.15, 0.2) is 16.7 Å². The monoisotopic (exact) mass is 493 g/mol. The largest absolute Gasteiger partial charge is 0.502 e. The number of carbonyl (C=O) groups excluding carboxylic acids is 1. The van der Waals surface area contributed by atoms with Crippen molar-refractivity contribution in [3.63, 3.8) is 0 Å². The predicted molar refractivity (Wildman–Crippen MR) is 134 cm³/mol. The Hall–Kier alpha value is -4.18. The number of hydrogen-bond donors (Lipinski definition) is 1. The fourth-order valence-electron chi connectivity index (χ4n) is 3.34. The Kier molecular flexibility index (Phi) is 7.41. The average Bonchev–Trinajstić information content (AvgIpc) is 3.49. The molecule has 2 heterocycles. The zero-order valence-electron chi connectivity index (χ0n) is 19.3. The van der Waals surface area contributed by atoms with Crippen LogP contribution in [0.2, 0.25) is 0 Å². The van der Waals surface area contributed by atoms with Gasteiger partial charge in [-0.05, 0) is 59.8 Å². The van der Waals surface area contributed by atoms with E-state index in [1.54, 1.807) is 49.9 Å². The van der Waals surface area contributed by atoms with Crippen molar-refractivity contribution in [1.29, 1.82) is 0 Å². The van der Waals surface area contributed by atoms with Gasteiger partial charge in [0.25, 0.3) is 5.91 Å².